The fraction of sp³-hybridized carbons (Fsp3) is 0.882. The third kappa shape index (κ3) is 5.01. The van der Waals surface area contributed by atoms with Crippen LogP contribution in [0.4, 0.5) is 0 Å². The van der Waals surface area contributed by atoms with E-state index >= 15 is 0 Å². The number of ether oxygens (including phenoxy) is 1. The van der Waals surface area contributed by atoms with Crippen LogP contribution >= 0.6 is 0 Å². The molecule has 21 heavy (non-hydrogen) atoms. The molecule has 0 aromatic carbocycles. The second kappa shape index (κ2) is 8.40. The number of carbonyl (C=O) groups excluding carboxylic acids is 2. The minimum absolute atomic E-state index is 0.0916. The minimum Gasteiger partial charge on any atom is -0.466 e. The molecule has 1 saturated carbocycles. The summed E-state index contributed by atoms with van der Waals surface area (Å²) in [5.74, 6) is 0.925. The highest BCUT2D eigenvalue weighted by atomic mass is 16.5. The lowest BCUT2D eigenvalue weighted by Crippen LogP contribution is -2.42. The van der Waals surface area contributed by atoms with Crippen molar-refractivity contribution in [1.82, 2.24) is 4.90 Å². The Bertz CT molecular complexity index is 340. The molecule has 0 aromatic rings. The summed E-state index contributed by atoms with van der Waals surface area (Å²) < 4.78 is 5.01. The van der Waals surface area contributed by atoms with Gasteiger partial charge < -0.3 is 9.64 Å². The Balaban J connectivity index is 1.74. The van der Waals surface area contributed by atoms with Crippen LogP contribution in [0.2, 0.25) is 0 Å². The van der Waals surface area contributed by atoms with E-state index in [1.54, 1.807) is 0 Å². The smallest absolute Gasteiger partial charge is 0.306 e. The second-order valence-corrected chi connectivity index (χ2v) is 6.47. The van der Waals surface area contributed by atoms with E-state index in [0.717, 1.165) is 38.8 Å². The topological polar surface area (TPSA) is 46.6 Å². The van der Waals surface area contributed by atoms with Crippen molar-refractivity contribution in [2.45, 2.75) is 64.7 Å². The monoisotopic (exact) mass is 295 g/mol. The Labute approximate surface area is 128 Å². The summed E-state index contributed by atoms with van der Waals surface area (Å²) >= 11 is 0. The number of amides is 1. The Morgan fingerprint density at radius 2 is 1.62 bits per heavy atom. The molecule has 0 N–H and O–H groups in total. The fourth-order valence-corrected chi connectivity index (χ4v) is 3.60. The number of carbonyl (C=O) groups is 2. The molecule has 0 aromatic heterocycles. The van der Waals surface area contributed by atoms with Crippen LogP contribution in [0.15, 0.2) is 0 Å². The van der Waals surface area contributed by atoms with Gasteiger partial charge in [0.15, 0.2) is 0 Å². The molecule has 1 heterocycles. The van der Waals surface area contributed by atoms with Gasteiger partial charge in [-0.1, -0.05) is 25.7 Å². The molecule has 1 aliphatic carbocycles. The fourth-order valence-electron chi connectivity index (χ4n) is 3.60. The zero-order valence-corrected chi connectivity index (χ0v) is 13.3. The number of likely N-dealkylation sites (tertiary alicyclic amines) is 1. The number of piperidine rings is 1. The molecule has 1 saturated heterocycles. The standard InChI is InChI=1S/C17H29NO3/c1-2-21-16(19)13-14-9-11-18(12-10-14)17(20)15-7-5-3-4-6-8-15/h14-15H,2-13H2,1H3. The normalized spacial score (nSPS) is 21.9. The Kier molecular flexibility index (Phi) is 6.52. The molecule has 0 bridgehead atoms. The SMILES string of the molecule is CCOC(=O)CC1CCN(C(=O)C2CCCCCC2)CC1. The van der Waals surface area contributed by atoms with E-state index in [2.05, 4.69) is 0 Å². The van der Waals surface area contributed by atoms with Gasteiger partial charge in [0.1, 0.15) is 0 Å². The van der Waals surface area contributed by atoms with Crippen molar-refractivity contribution in [3.8, 4) is 0 Å². The van der Waals surface area contributed by atoms with Gasteiger partial charge in [0.2, 0.25) is 5.91 Å². The predicted molar refractivity (Wildman–Crippen MR) is 81.7 cm³/mol. The maximum Gasteiger partial charge on any atom is 0.306 e. The molecule has 0 spiro atoms. The van der Waals surface area contributed by atoms with Crippen molar-refractivity contribution in [2.24, 2.45) is 11.8 Å². The minimum atomic E-state index is -0.0916. The Morgan fingerprint density at radius 3 is 2.19 bits per heavy atom. The quantitative estimate of drug-likeness (QED) is 0.591. The molecule has 2 aliphatic rings. The molecule has 2 fully saturated rings. The van der Waals surface area contributed by atoms with Gasteiger partial charge in [-0.15, -0.1) is 0 Å². The number of hydrogen-bond acceptors (Lipinski definition) is 3. The molecule has 0 radical (unpaired) electrons. The predicted octanol–water partition coefficient (Wildman–Crippen LogP) is 3.15. The van der Waals surface area contributed by atoms with Crippen LogP contribution in [0.25, 0.3) is 0 Å². The lowest BCUT2D eigenvalue weighted by molar-refractivity contribution is -0.144. The molecule has 0 atom stereocenters. The van der Waals surface area contributed by atoms with Crippen molar-refractivity contribution in [3.05, 3.63) is 0 Å². The van der Waals surface area contributed by atoms with Gasteiger partial charge in [0.05, 0.1) is 6.61 Å². The highest BCUT2D eigenvalue weighted by Gasteiger charge is 2.29. The number of nitrogens with zero attached hydrogens (tertiary/aromatic N) is 1. The summed E-state index contributed by atoms with van der Waals surface area (Å²) in [5, 5.41) is 0. The molecular weight excluding hydrogens is 266 g/mol. The third-order valence-corrected chi connectivity index (χ3v) is 4.89. The Hall–Kier alpha value is -1.06. The highest BCUT2D eigenvalue weighted by molar-refractivity contribution is 5.79. The van der Waals surface area contributed by atoms with Crippen molar-refractivity contribution >= 4 is 11.9 Å². The first-order chi connectivity index (χ1) is 10.2. The van der Waals surface area contributed by atoms with Gasteiger partial charge in [-0.05, 0) is 38.5 Å². The summed E-state index contributed by atoms with van der Waals surface area (Å²) in [6.45, 7) is 3.93. The third-order valence-electron chi connectivity index (χ3n) is 4.89. The summed E-state index contributed by atoms with van der Waals surface area (Å²) in [5.41, 5.74) is 0. The van der Waals surface area contributed by atoms with Crippen molar-refractivity contribution in [2.75, 3.05) is 19.7 Å². The maximum absolute atomic E-state index is 12.6. The van der Waals surface area contributed by atoms with Gasteiger partial charge in [0, 0.05) is 25.4 Å². The summed E-state index contributed by atoms with van der Waals surface area (Å²) in [7, 11) is 0. The van der Waals surface area contributed by atoms with E-state index in [1.165, 1.54) is 25.7 Å². The summed E-state index contributed by atoms with van der Waals surface area (Å²) in [4.78, 5) is 26.1. The molecule has 4 nitrogen and oxygen atoms in total. The van der Waals surface area contributed by atoms with Gasteiger partial charge in [-0.2, -0.15) is 0 Å². The zero-order chi connectivity index (χ0) is 15.1. The first-order valence-electron chi connectivity index (χ1n) is 8.65. The van der Waals surface area contributed by atoms with E-state index in [-0.39, 0.29) is 11.9 Å². The van der Waals surface area contributed by atoms with Crippen LogP contribution in [0, 0.1) is 11.8 Å². The van der Waals surface area contributed by atoms with Crippen LogP contribution < -0.4 is 0 Å². The van der Waals surface area contributed by atoms with E-state index in [1.807, 2.05) is 11.8 Å². The maximum atomic E-state index is 12.6. The summed E-state index contributed by atoms with van der Waals surface area (Å²) in [6, 6.07) is 0. The van der Waals surface area contributed by atoms with Crippen molar-refractivity contribution < 1.29 is 14.3 Å². The molecular formula is C17H29NO3. The average Bonchev–Trinajstić information content (AvgIpc) is 2.76. The van der Waals surface area contributed by atoms with Gasteiger partial charge >= 0.3 is 5.97 Å². The molecule has 1 amide bonds. The van der Waals surface area contributed by atoms with E-state index in [9.17, 15) is 9.59 Å². The Morgan fingerprint density at radius 1 is 1.00 bits per heavy atom. The van der Waals surface area contributed by atoms with Gasteiger partial charge in [-0.3, -0.25) is 9.59 Å². The van der Waals surface area contributed by atoms with Gasteiger partial charge in [0.25, 0.3) is 0 Å². The van der Waals surface area contributed by atoms with Crippen LogP contribution in [-0.2, 0) is 14.3 Å². The van der Waals surface area contributed by atoms with Gasteiger partial charge in [-0.25, -0.2) is 0 Å². The molecule has 2 rings (SSSR count). The van der Waals surface area contributed by atoms with E-state index in [4.69, 9.17) is 4.74 Å². The van der Waals surface area contributed by atoms with Crippen LogP contribution in [0.5, 0.6) is 0 Å². The van der Waals surface area contributed by atoms with Crippen LogP contribution in [-0.4, -0.2) is 36.5 Å². The first-order valence-corrected chi connectivity index (χ1v) is 8.65. The number of hydrogen-bond donors (Lipinski definition) is 0. The lowest BCUT2D eigenvalue weighted by Gasteiger charge is -2.33. The second-order valence-electron chi connectivity index (χ2n) is 6.47. The van der Waals surface area contributed by atoms with Crippen LogP contribution in [0.3, 0.4) is 0 Å². The molecule has 1 aliphatic heterocycles. The molecule has 120 valence electrons. The molecule has 4 heteroatoms. The van der Waals surface area contributed by atoms with E-state index in [0.29, 0.717) is 24.9 Å². The highest BCUT2D eigenvalue weighted by Crippen LogP contribution is 2.27. The average molecular weight is 295 g/mol. The zero-order valence-electron chi connectivity index (χ0n) is 13.3. The molecule has 0 unspecified atom stereocenters. The van der Waals surface area contributed by atoms with E-state index < -0.39 is 0 Å². The number of esters is 1. The first kappa shape index (κ1) is 16.3. The van der Waals surface area contributed by atoms with Crippen LogP contribution in [0.1, 0.15) is 64.7 Å². The lowest BCUT2D eigenvalue weighted by atomic mass is 9.91. The summed E-state index contributed by atoms with van der Waals surface area (Å²) in [6.07, 6.45) is 9.51. The van der Waals surface area contributed by atoms with Crippen molar-refractivity contribution in [3.63, 3.8) is 0 Å². The number of rotatable bonds is 4. The van der Waals surface area contributed by atoms with Crippen molar-refractivity contribution in [1.29, 1.82) is 0 Å². The largest absolute Gasteiger partial charge is 0.466 e.